The van der Waals surface area contributed by atoms with Crippen LogP contribution in [0.3, 0.4) is 0 Å². The standard InChI is InChI=1S/C12H18N6O/c1-7(2)11-16-9(18-19-11)4-5-14-10-6-8(3)15-12(13)17-10/h6-7H,4-5H2,1-3H3,(H3,13,14,15,17). The fourth-order valence-electron chi connectivity index (χ4n) is 1.59. The molecule has 0 atom stereocenters. The lowest BCUT2D eigenvalue weighted by molar-refractivity contribution is 0.361. The van der Waals surface area contributed by atoms with Crippen LogP contribution in [0.2, 0.25) is 0 Å². The van der Waals surface area contributed by atoms with E-state index in [0.29, 0.717) is 30.5 Å². The van der Waals surface area contributed by atoms with E-state index in [1.54, 1.807) is 0 Å². The summed E-state index contributed by atoms with van der Waals surface area (Å²) in [7, 11) is 0. The van der Waals surface area contributed by atoms with Crippen LogP contribution >= 0.6 is 0 Å². The highest BCUT2D eigenvalue weighted by Crippen LogP contribution is 2.11. The molecule has 0 aliphatic carbocycles. The number of nitrogens with one attached hydrogen (secondary N) is 1. The number of anilines is 2. The molecule has 2 aromatic heterocycles. The first-order valence-electron chi connectivity index (χ1n) is 6.22. The third-order valence-corrected chi connectivity index (χ3v) is 2.50. The van der Waals surface area contributed by atoms with Crippen LogP contribution in [-0.2, 0) is 6.42 Å². The van der Waals surface area contributed by atoms with Gasteiger partial charge >= 0.3 is 0 Å². The summed E-state index contributed by atoms with van der Waals surface area (Å²) < 4.78 is 5.13. The Hall–Kier alpha value is -2.18. The molecular formula is C12H18N6O. The van der Waals surface area contributed by atoms with Gasteiger partial charge in [0.2, 0.25) is 11.8 Å². The lowest BCUT2D eigenvalue weighted by Crippen LogP contribution is -2.09. The molecule has 0 fully saturated rings. The van der Waals surface area contributed by atoms with Gasteiger partial charge in [0.05, 0.1) is 0 Å². The van der Waals surface area contributed by atoms with Crippen molar-refractivity contribution in [1.82, 2.24) is 20.1 Å². The number of nitrogens with two attached hydrogens (primary N) is 1. The van der Waals surface area contributed by atoms with Crippen LogP contribution < -0.4 is 11.1 Å². The molecule has 0 amide bonds. The van der Waals surface area contributed by atoms with Crippen molar-refractivity contribution in [3.8, 4) is 0 Å². The number of rotatable bonds is 5. The van der Waals surface area contributed by atoms with Crippen LogP contribution in [0, 0.1) is 6.92 Å². The summed E-state index contributed by atoms with van der Waals surface area (Å²) in [5.41, 5.74) is 6.41. The van der Waals surface area contributed by atoms with Crippen molar-refractivity contribution in [2.24, 2.45) is 0 Å². The Balaban J connectivity index is 1.88. The topological polar surface area (TPSA) is 103 Å². The summed E-state index contributed by atoms with van der Waals surface area (Å²) in [5.74, 6) is 2.58. The third-order valence-electron chi connectivity index (χ3n) is 2.50. The molecule has 0 unspecified atom stereocenters. The summed E-state index contributed by atoms with van der Waals surface area (Å²) in [6.07, 6.45) is 0.666. The minimum atomic E-state index is 0.249. The first-order valence-corrected chi connectivity index (χ1v) is 6.22. The van der Waals surface area contributed by atoms with E-state index in [1.807, 2.05) is 26.8 Å². The lowest BCUT2D eigenvalue weighted by Gasteiger charge is -2.05. The molecular weight excluding hydrogens is 244 g/mol. The fourth-order valence-corrected chi connectivity index (χ4v) is 1.59. The van der Waals surface area contributed by atoms with Crippen molar-refractivity contribution >= 4 is 11.8 Å². The normalized spacial score (nSPS) is 10.9. The summed E-state index contributed by atoms with van der Waals surface area (Å²) in [6.45, 7) is 6.56. The highest BCUT2D eigenvalue weighted by Gasteiger charge is 2.09. The maximum absolute atomic E-state index is 5.58. The van der Waals surface area contributed by atoms with E-state index in [0.717, 1.165) is 5.69 Å². The zero-order valence-electron chi connectivity index (χ0n) is 11.3. The van der Waals surface area contributed by atoms with Gasteiger partial charge in [0.15, 0.2) is 5.82 Å². The predicted molar refractivity (Wildman–Crippen MR) is 71.8 cm³/mol. The summed E-state index contributed by atoms with van der Waals surface area (Å²) in [5, 5.41) is 7.08. The van der Waals surface area contributed by atoms with Gasteiger partial charge in [-0.2, -0.15) is 9.97 Å². The number of aromatic nitrogens is 4. The van der Waals surface area contributed by atoms with Crippen LogP contribution in [0.4, 0.5) is 11.8 Å². The van der Waals surface area contributed by atoms with Crippen molar-refractivity contribution in [1.29, 1.82) is 0 Å². The van der Waals surface area contributed by atoms with E-state index in [1.165, 1.54) is 0 Å². The molecule has 19 heavy (non-hydrogen) atoms. The van der Waals surface area contributed by atoms with Crippen LogP contribution in [0.1, 0.15) is 37.2 Å². The lowest BCUT2D eigenvalue weighted by atomic mass is 10.2. The quantitative estimate of drug-likeness (QED) is 0.842. The van der Waals surface area contributed by atoms with Gasteiger partial charge in [0.25, 0.3) is 0 Å². The molecule has 0 aliphatic heterocycles. The largest absolute Gasteiger partial charge is 0.369 e. The van der Waals surface area contributed by atoms with E-state index < -0.39 is 0 Å². The second-order valence-electron chi connectivity index (χ2n) is 4.63. The highest BCUT2D eigenvalue weighted by atomic mass is 16.5. The fraction of sp³-hybridized carbons (Fsp3) is 0.500. The number of hydrogen-bond donors (Lipinski definition) is 2. The molecule has 2 rings (SSSR count). The van der Waals surface area contributed by atoms with Gasteiger partial charge in [0, 0.05) is 30.6 Å². The number of nitrogen functional groups attached to an aromatic ring is 1. The SMILES string of the molecule is Cc1cc(NCCc2noc(C(C)C)n2)nc(N)n1. The zero-order chi connectivity index (χ0) is 13.8. The Morgan fingerprint density at radius 2 is 2.11 bits per heavy atom. The van der Waals surface area contributed by atoms with Crippen molar-refractivity contribution in [3.05, 3.63) is 23.5 Å². The van der Waals surface area contributed by atoms with Crippen LogP contribution in [0.25, 0.3) is 0 Å². The van der Waals surface area contributed by atoms with Crippen LogP contribution in [-0.4, -0.2) is 26.7 Å². The first kappa shape index (κ1) is 13.3. The molecule has 2 aromatic rings. The molecule has 0 aliphatic rings. The van der Waals surface area contributed by atoms with E-state index >= 15 is 0 Å². The second kappa shape index (κ2) is 5.64. The predicted octanol–water partition coefficient (Wildman–Crippen LogP) is 1.53. The maximum Gasteiger partial charge on any atom is 0.229 e. The van der Waals surface area contributed by atoms with Gasteiger partial charge in [-0.05, 0) is 6.92 Å². The Morgan fingerprint density at radius 3 is 2.74 bits per heavy atom. The average Bonchev–Trinajstić information content (AvgIpc) is 2.76. The smallest absolute Gasteiger partial charge is 0.229 e. The molecule has 7 nitrogen and oxygen atoms in total. The highest BCUT2D eigenvalue weighted by molar-refractivity contribution is 5.40. The number of aryl methyl sites for hydroxylation is 1. The van der Waals surface area contributed by atoms with E-state index in [4.69, 9.17) is 10.3 Å². The molecule has 0 aromatic carbocycles. The third kappa shape index (κ3) is 3.64. The Bertz CT molecular complexity index is 531. The van der Waals surface area contributed by atoms with Gasteiger partial charge in [-0.1, -0.05) is 19.0 Å². The molecule has 0 radical (unpaired) electrons. The maximum atomic E-state index is 5.58. The summed E-state index contributed by atoms with van der Waals surface area (Å²) in [6, 6.07) is 1.84. The Kier molecular flexibility index (Phi) is 3.94. The van der Waals surface area contributed by atoms with Crippen molar-refractivity contribution in [2.45, 2.75) is 33.1 Å². The van der Waals surface area contributed by atoms with E-state index in [9.17, 15) is 0 Å². The Morgan fingerprint density at radius 1 is 1.32 bits per heavy atom. The van der Waals surface area contributed by atoms with Gasteiger partial charge in [-0.25, -0.2) is 4.98 Å². The Labute approximate surface area is 111 Å². The van der Waals surface area contributed by atoms with E-state index in [-0.39, 0.29) is 11.9 Å². The molecule has 3 N–H and O–H groups in total. The first-order chi connectivity index (χ1) is 9.04. The summed E-state index contributed by atoms with van der Waals surface area (Å²) in [4.78, 5) is 12.4. The van der Waals surface area contributed by atoms with Gasteiger partial charge in [-0.3, -0.25) is 0 Å². The van der Waals surface area contributed by atoms with Crippen LogP contribution in [0.5, 0.6) is 0 Å². The average molecular weight is 262 g/mol. The summed E-state index contributed by atoms with van der Waals surface area (Å²) >= 11 is 0. The minimum Gasteiger partial charge on any atom is -0.369 e. The second-order valence-corrected chi connectivity index (χ2v) is 4.63. The number of nitrogens with zero attached hydrogens (tertiary/aromatic N) is 4. The molecule has 7 heteroatoms. The number of hydrogen-bond acceptors (Lipinski definition) is 7. The van der Waals surface area contributed by atoms with Gasteiger partial charge in [-0.15, -0.1) is 0 Å². The monoisotopic (exact) mass is 262 g/mol. The molecule has 2 heterocycles. The molecule has 0 spiro atoms. The van der Waals surface area contributed by atoms with Gasteiger partial charge < -0.3 is 15.6 Å². The minimum absolute atomic E-state index is 0.249. The van der Waals surface area contributed by atoms with Crippen LogP contribution in [0.15, 0.2) is 10.6 Å². The molecule has 0 saturated carbocycles. The van der Waals surface area contributed by atoms with Crippen molar-refractivity contribution in [2.75, 3.05) is 17.6 Å². The van der Waals surface area contributed by atoms with E-state index in [2.05, 4.69) is 25.4 Å². The zero-order valence-corrected chi connectivity index (χ0v) is 11.3. The molecule has 102 valence electrons. The molecule has 0 saturated heterocycles. The molecule has 0 bridgehead atoms. The van der Waals surface area contributed by atoms with Gasteiger partial charge in [0.1, 0.15) is 5.82 Å². The van der Waals surface area contributed by atoms with Crippen molar-refractivity contribution in [3.63, 3.8) is 0 Å². The van der Waals surface area contributed by atoms with Crippen molar-refractivity contribution < 1.29 is 4.52 Å².